The third-order valence-corrected chi connectivity index (χ3v) is 2.76. The lowest BCUT2D eigenvalue weighted by molar-refractivity contribution is -0.307. The Morgan fingerprint density at radius 1 is 1.29 bits per heavy atom. The zero-order chi connectivity index (χ0) is 16.0. The van der Waals surface area contributed by atoms with Crippen LogP contribution in [0.25, 0.3) is 0 Å². The van der Waals surface area contributed by atoms with Crippen molar-refractivity contribution in [3.8, 4) is 0 Å². The Balaban J connectivity index is 2.88. The zero-order valence-corrected chi connectivity index (χ0v) is 12.3. The Morgan fingerprint density at radius 2 is 1.95 bits per heavy atom. The number of hydrogen-bond acceptors (Lipinski definition) is 5. The molecule has 1 atom stereocenters. The number of rotatable bonds is 6. The quantitative estimate of drug-likeness (QED) is 0.790. The fourth-order valence-electron chi connectivity index (χ4n) is 1.85. The Morgan fingerprint density at radius 3 is 2.48 bits per heavy atom. The van der Waals surface area contributed by atoms with Crippen LogP contribution < -0.4 is 10.4 Å². The van der Waals surface area contributed by atoms with Crippen molar-refractivity contribution >= 4 is 23.5 Å². The number of amides is 1. The molecule has 0 radical (unpaired) electrons. The minimum atomic E-state index is -1.27. The number of aliphatic carboxylic acids is 1. The average molecular weight is 292 g/mol. The molecule has 6 heteroatoms. The molecule has 1 aromatic rings. The van der Waals surface area contributed by atoms with E-state index < -0.39 is 18.0 Å². The molecule has 0 saturated carbocycles. The Kier molecular flexibility index (Phi) is 5.90. The lowest BCUT2D eigenvalue weighted by atomic mass is 10.1. The van der Waals surface area contributed by atoms with E-state index in [1.165, 1.54) is 13.0 Å². The Labute approximate surface area is 123 Å². The molecule has 0 fully saturated rings. The SMILES string of the molecule is CCC(CC(=O)[O-])OC(=O)c1cc(C)cc(NC(C)=O)c1. The molecule has 1 aromatic carbocycles. The number of carboxylic acid groups (broad SMARTS) is 1. The molecule has 1 amide bonds. The van der Waals surface area contributed by atoms with Crippen LogP contribution in [0.1, 0.15) is 42.6 Å². The summed E-state index contributed by atoms with van der Waals surface area (Å²) in [5, 5.41) is 13.2. The average Bonchev–Trinajstić information content (AvgIpc) is 2.35. The van der Waals surface area contributed by atoms with Crippen LogP contribution in [0.2, 0.25) is 0 Å². The van der Waals surface area contributed by atoms with Crippen molar-refractivity contribution in [2.24, 2.45) is 0 Å². The maximum Gasteiger partial charge on any atom is 0.338 e. The zero-order valence-electron chi connectivity index (χ0n) is 12.3. The second kappa shape index (κ2) is 7.42. The fourth-order valence-corrected chi connectivity index (χ4v) is 1.85. The van der Waals surface area contributed by atoms with Gasteiger partial charge in [0.2, 0.25) is 5.91 Å². The number of carbonyl (C=O) groups is 3. The molecule has 114 valence electrons. The van der Waals surface area contributed by atoms with E-state index >= 15 is 0 Å². The number of aryl methyl sites for hydroxylation is 1. The predicted molar refractivity (Wildman–Crippen MR) is 74.6 cm³/mol. The summed E-state index contributed by atoms with van der Waals surface area (Å²) < 4.78 is 5.14. The van der Waals surface area contributed by atoms with Gasteiger partial charge in [0.1, 0.15) is 6.10 Å². The van der Waals surface area contributed by atoms with E-state index in [9.17, 15) is 19.5 Å². The van der Waals surface area contributed by atoms with Crippen molar-refractivity contribution < 1.29 is 24.2 Å². The fraction of sp³-hybridized carbons (Fsp3) is 0.400. The molecule has 1 N–H and O–H groups in total. The molecule has 0 aliphatic heterocycles. The highest BCUT2D eigenvalue weighted by atomic mass is 16.5. The van der Waals surface area contributed by atoms with Gasteiger partial charge in [0, 0.05) is 25.0 Å². The van der Waals surface area contributed by atoms with Gasteiger partial charge in [0.25, 0.3) is 0 Å². The van der Waals surface area contributed by atoms with Crippen LogP contribution in [-0.2, 0) is 14.3 Å². The molecule has 0 heterocycles. The maximum absolute atomic E-state index is 12.0. The van der Waals surface area contributed by atoms with Crippen LogP contribution in [0.5, 0.6) is 0 Å². The summed E-state index contributed by atoms with van der Waals surface area (Å²) in [6.07, 6.45) is -0.691. The van der Waals surface area contributed by atoms with E-state index in [1.807, 2.05) is 0 Å². The normalized spacial score (nSPS) is 11.6. The molecular weight excluding hydrogens is 274 g/mol. The van der Waals surface area contributed by atoms with Gasteiger partial charge in [-0.1, -0.05) is 6.92 Å². The van der Waals surface area contributed by atoms with E-state index in [4.69, 9.17) is 4.74 Å². The van der Waals surface area contributed by atoms with Crippen LogP contribution >= 0.6 is 0 Å². The van der Waals surface area contributed by atoms with Gasteiger partial charge in [-0.15, -0.1) is 0 Å². The predicted octanol–water partition coefficient (Wildman–Crippen LogP) is 1.03. The molecule has 1 unspecified atom stereocenters. The number of ether oxygens (including phenoxy) is 1. The molecule has 0 aliphatic rings. The molecular formula is C15H18NO5-. The van der Waals surface area contributed by atoms with E-state index in [0.717, 1.165) is 5.56 Å². The number of nitrogens with one attached hydrogen (secondary N) is 1. The van der Waals surface area contributed by atoms with Crippen molar-refractivity contribution in [2.45, 2.75) is 39.7 Å². The first-order valence-electron chi connectivity index (χ1n) is 6.62. The topological polar surface area (TPSA) is 95.5 Å². The summed E-state index contributed by atoms with van der Waals surface area (Å²) in [6, 6.07) is 4.82. The molecule has 0 aromatic heterocycles. The third-order valence-electron chi connectivity index (χ3n) is 2.76. The van der Waals surface area contributed by atoms with Crippen molar-refractivity contribution in [2.75, 3.05) is 5.32 Å². The lowest BCUT2D eigenvalue weighted by Crippen LogP contribution is -2.30. The number of hydrogen-bond donors (Lipinski definition) is 1. The highest BCUT2D eigenvalue weighted by molar-refractivity contribution is 5.94. The van der Waals surface area contributed by atoms with Crippen LogP contribution in [0.3, 0.4) is 0 Å². The first-order chi connectivity index (χ1) is 9.81. The maximum atomic E-state index is 12.0. The van der Waals surface area contributed by atoms with E-state index in [-0.39, 0.29) is 17.9 Å². The van der Waals surface area contributed by atoms with Gasteiger partial charge < -0.3 is 20.0 Å². The summed E-state index contributed by atoms with van der Waals surface area (Å²) in [4.78, 5) is 33.7. The lowest BCUT2D eigenvalue weighted by Gasteiger charge is -2.17. The number of carboxylic acids is 1. The molecule has 0 saturated heterocycles. The summed E-state index contributed by atoms with van der Waals surface area (Å²) in [7, 11) is 0. The molecule has 6 nitrogen and oxygen atoms in total. The van der Waals surface area contributed by atoms with Crippen LogP contribution in [0.15, 0.2) is 18.2 Å². The monoisotopic (exact) mass is 292 g/mol. The van der Waals surface area contributed by atoms with Gasteiger partial charge in [-0.25, -0.2) is 4.79 Å². The summed E-state index contributed by atoms with van der Waals surface area (Å²) >= 11 is 0. The van der Waals surface area contributed by atoms with Crippen molar-refractivity contribution in [1.29, 1.82) is 0 Å². The third kappa shape index (κ3) is 5.64. The minimum absolute atomic E-state index is 0.247. The van der Waals surface area contributed by atoms with Gasteiger partial charge in [0.05, 0.1) is 5.56 Å². The van der Waals surface area contributed by atoms with Crippen LogP contribution in [0.4, 0.5) is 5.69 Å². The highest BCUT2D eigenvalue weighted by Crippen LogP contribution is 2.17. The molecule has 0 aliphatic carbocycles. The Bertz CT molecular complexity index is 553. The van der Waals surface area contributed by atoms with E-state index in [1.54, 1.807) is 26.0 Å². The van der Waals surface area contributed by atoms with Gasteiger partial charge in [-0.3, -0.25) is 4.79 Å². The van der Waals surface area contributed by atoms with Gasteiger partial charge >= 0.3 is 5.97 Å². The molecule has 0 bridgehead atoms. The van der Waals surface area contributed by atoms with Gasteiger partial charge in [0.15, 0.2) is 0 Å². The number of esters is 1. The number of anilines is 1. The standard InChI is InChI=1S/C15H19NO5/c1-4-13(8-14(18)19)21-15(20)11-5-9(2)6-12(7-11)16-10(3)17/h5-7,13H,4,8H2,1-3H3,(H,16,17)(H,18,19)/p-1. The first-order valence-corrected chi connectivity index (χ1v) is 6.62. The molecule has 0 spiro atoms. The van der Waals surface area contributed by atoms with Crippen molar-refractivity contribution in [1.82, 2.24) is 0 Å². The van der Waals surface area contributed by atoms with Crippen molar-refractivity contribution in [3.05, 3.63) is 29.3 Å². The minimum Gasteiger partial charge on any atom is -0.550 e. The van der Waals surface area contributed by atoms with E-state index in [2.05, 4.69) is 5.32 Å². The smallest absolute Gasteiger partial charge is 0.338 e. The summed E-state index contributed by atoms with van der Waals surface area (Å²) in [5.41, 5.74) is 1.53. The Hall–Kier alpha value is -2.37. The molecule has 1 rings (SSSR count). The number of carbonyl (C=O) groups excluding carboxylic acids is 3. The van der Waals surface area contributed by atoms with Crippen molar-refractivity contribution in [3.63, 3.8) is 0 Å². The van der Waals surface area contributed by atoms with Crippen LogP contribution in [-0.4, -0.2) is 23.9 Å². The first kappa shape index (κ1) is 16.7. The second-order valence-corrected chi connectivity index (χ2v) is 4.78. The van der Waals surface area contributed by atoms with E-state index in [0.29, 0.717) is 12.1 Å². The second-order valence-electron chi connectivity index (χ2n) is 4.78. The summed E-state index contributed by atoms with van der Waals surface area (Å²) in [5.74, 6) is -2.14. The summed E-state index contributed by atoms with van der Waals surface area (Å²) in [6.45, 7) is 4.87. The highest BCUT2D eigenvalue weighted by Gasteiger charge is 2.16. The largest absolute Gasteiger partial charge is 0.550 e. The molecule has 21 heavy (non-hydrogen) atoms. The van der Waals surface area contributed by atoms with Gasteiger partial charge in [-0.2, -0.15) is 0 Å². The number of benzene rings is 1. The van der Waals surface area contributed by atoms with Crippen LogP contribution in [0, 0.1) is 6.92 Å². The van der Waals surface area contributed by atoms with Gasteiger partial charge in [-0.05, 0) is 37.1 Å².